The van der Waals surface area contributed by atoms with Gasteiger partial charge in [-0.3, -0.25) is 4.79 Å². The standard InChI is InChI=1S/C9H9BrN2O/c1-5-3-6-7(10)4-12(2)9(13)8(6)11-5/h3-4,11H,1-2H3. The number of nitrogens with one attached hydrogen (secondary N) is 1. The maximum Gasteiger partial charge on any atom is 0.274 e. The van der Waals surface area contributed by atoms with Crippen LogP contribution in [0.3, 0.4) is 0 Å². The third kappa shape index (κ3) is 1.21. The van der Waals surface area contributed by atoms with E-state index in [9.17, 15) is 4.79 Å². The molecular weight excluding hydrogens is 232 g/mol. The number of nitrogens with zero attached hydrogens (tertiary/aromatic N) is 1. The zero-order chi connectivity index (χ0) is 9.59. The lowest BCUT2D eigenvalue weighted by molar-refractivity contribution is 0.866. The molecule has 2 rings (SSSR count). The maximum atomic E-state index is 11.6. The van der Waals surface area contributed by atoms with E-state index in [1.54, 1.807) is 17.8 Å². The third-order valence-corrected chi connectivity index (χ3v) is 2.68. The van der Waals surface area contributed by atoms with Crippen LogP contribution in [0, 0.1) is 6.92 Å². The van der Waals surface area contributed by atoms with Gasteiger partial charge in [-0.05, 0) is 28.9 Å². The topological polar surface area (TPSA) is 37.8 Å². The van der Waals surface area contributed by atoms with Crippen LogP contribution >= 0.6 is 15.9 Å². The maximum absolute atomic E-state index is 11.6. The largest absolute Gasteiger partial charge is 0.354 e. The zero-order valence-corrected chi connectivity index (χ0v) is 8.97. The van der Waals surface area contributed by atoms with Gasteiger partial charge in [0.1, 0.15) is 5.52 Å². The van der Waals surface area contributed by atoms with Gasteiger partial charge < -0.3 is 9.55 Å². The molecule has 68 valence electrons. The smallest absolute Gasteiger partial charge is 0.274 e. The number of pyridine rings is 1. The Morgan fingerprint density at radius 1 is 1.54 bits per heavy atom. The Hall–Kier alpha value is -1.03. The highest BCUT2D eigenvalue weighted by Gasteiger charge is 2.06. The lowest BCUT2D eigenvalue weighted by atomic mass is 10.3. The van der Waals surface area contributed by atoms with Crippen molar-refractivity contribution in [3.05, 3.63) is 32.8 Å². The Morgan fingerprint density at radius 3 is 2.92 bits per heavy atom. The summed E-state index contributed by atoms with van der Waals surface area (Å²) in [6.45, 7) is 1.94. The van der Waals surface area contributed by atoms with Crippen molar-refractivity contribution >= 4 is 26.8 Å². The van der Waals surface area contributed by atoms with Gasteiger partial charge in [-0.25, -0.2) is 0 Å². The molecule has 0 saturated carbocycles. The minimum absolute atomic E-state index is 0.00583. The van der Waals surface area contributed by atoms with Gasteiger partial charge in [0, 0.05) is 28.8 Å². The number of rotatable bonds is 0. The summed E-state index contributed by atoms with van der Waals surface area (Å²) >= 11 is 3.42. The monoisotopic (exact) mass is 240 g/mol. The van der Waals surface area contributed by atoms with Gasteiger partial charge in [0.15, 0.2) is 0 Å². The van der Waals surface area contributed by atoms with E-state index in [4.69, 9.17) is 0 Å². The molecule has 3 nitrogen and oxygen atoms in total. The average molecular weight is 241 g/mol. The first-order chi connectivity index (χ1) is 6.09. The minimum atomic E-state index is 0.00583. The number of hydrogen-bond acceptors (Lipinski definition) is 1. The van der Waals surface area contributed by atoms with E-state index in [-0.39, 0.29) is 5.56 Å². The highest BCUT2D eigenvalue weighted by Crippen LogP contribution is 2.21. The molecule has 0 aliphatic rings. The van der Waals surface area contributed by atoms with Gasteiger partial charge in [0.2, 0.25) is 0 Å². The van der Waals surface area contributed by atoms with E-state index >= 15 is 0 Å². The fourth-order valence-electron chi connectivity index (χ4n) is 1.42. The molecule has 0 atom stereocenters. The van der Waals surface area contributed by atoms with Crippen LogP contribution in [0.4, 0.5) is 0 Å². The van der Waals surface area contributed by atoms with Crippen molar-refractivity contribution in [1.29, 1.82) is 0 Å². The van der Waals surface area contributed by atoms with Gasteiger partial charge >= 0.3 is 0 Å². The fraction of sp³-hybridized carbons (Fsp3) is 0.222. The van der Waals surface area contributed by atoms with Crippen LogP contribution in [0.5, 0.6) is 0 Å². The number of aromatic nitrogens is 2. The van der Waals surface area contributed by atoms with Crippen molar-refractivity contribution < 1.29 is 0 Å². The molecule has 0 aromatic carbocycles. The lowest BCUT2D eigenvalue weighted by Crippen LogP contribution is -2.16. The second-order valence-electron chi connectivity index (χ2n) is 3.13. The van der Waals surface area contributed by atoms with Crippen LogP contribution in [-0.4, -0.2) is 9.55 Å². The molecule has 0 aliphatic heterocycles. The van der Waals surface area contributed by atoms with E-state index in [2.05, 4.69) is 20.9 Å². The normalized spacial score (nSPS) is 11.0. The van der Waals surface area contributed by atoms with Crippen LogP contribution in [-0.2, 0) is 7.05 Å². The van der Waals surface area contributed by atoms with Crippen molar-refractivity contribution in [3.63, 3.8) is 0 Å². The first-order valence-corrected chi connectivity index (χ1v) is 4.73. The Morgan fingerprint density at radius 2 is 2.23 bits per heavy atom. The summed E-state index contributed by atoms with van der Waals surface area (Å²) in [6, 6.07) is 1.96. The molecule has 0 saturated heterocycles. The van der Waals surface area contributed by atoms with Crippen LogP contribution in [0.15, 0.2) is 21.5 Å². The fourth-order valence-corrected chi connectivity index (χ4v) is 2.04. The third-order valence-electron chi connectivity index (χ3n) is 2.05. The number of fused-ring (bicyclic) bond motifs is 1. The van der Waals surface area contributed by atoms with Gasteiger partial charge in [0.05, 0.1) is 0 Å². The molecule has 2 heterocycles. The number of hydrogen-bond donors (Lipinski definition) is 1. The van der Waals surface area contributed by atoms with Crippen LogP contribution in [0.2, 0.25) is 0 Å². The van der Waals surface area contributed by atoms with E-state index in [1.165, 1.54) is 0 Å². The number of halogens is 1. The second-order valence-corrected chi connectivity index (χ2v) is 3.99. The molecule has 0 radical (unpaired) electrons. The summed E-state index contributed by atoms with van der Waals surface area (Å²) < 4.78 is 2.50. The van der Waals surface area contributed by atoms with Gasteiger partial charge in [0.25, 0.3) is 5.56 Å². The molecule has 0 aliphatic carbocycles. The van der Waals surface area contributed by atoms with Gasteiger partial charge in [-0.1, -0.05) is 0 Å². The first-order valence-electron chi connectivity index (χ1n) is 3.94. The molecule has 1 N–H and O–H groups in total. The van der Waals surface area contributed by atoms with Crippen molar-refractivity contribution in [1.82, 2.24) is 9.55 Å². The van der Waals surface area contributed by atoms with Gasteiger partial charge in [-0.2, -0.15) is 0 Å². The average Bonchev–Trinajstić information content (AvgIpc) is 2.44. The van der Waals surface area contributed by atoms with E-state index < -0.39 is 0 Å². The number of H-pyrrole nitrogens is 1. The molecule has 0 fully saturated rings. The second kappa shape index (κ2) is 2.73. The minimum Gasteiger partial charge on any atom is -0.354 e. The Bertz CT molecular complexity index is 524. The SMILES string of the molecule is Cc1cc2c(Br)cn(C)c(=O)c2[nH]1. The summed E-state index contributed by atoms with van der Waals surface area (Å²) in [5.74, 6) is 0. The van der Waals surface area contributed by atoms with Crippen LogP contribution in [0.25, 0.3) is 10.9 Å². The van der Waals surface area contributed by atoms with Crippen molar-refractivity contribution in [2.75, 3.05) is 0 Å². The van der Waals surface area contributed by atoms with Gasteiger partial charge in [-0.15, -0.1) is 0 Å². The summed E-state index contributed by atoms with van der Waals surface area (Å²) in [5.41, 5.74) is 1.67. The van der Waals surface area contributed by atoms with E-state index in [0.29, 0.717) is 5.52 Å². The molecule has 2 aromatic rings. The highest BCUT2D eigenvalue weighted by atomic mass is 79.9. The molecule has 0 unspecified atom stereocenters. The molecule has 0 amide bonds. The first kappa shape index (κ1) is 8.56. The van der Waals surface area contributed by atoms with E-state index in [0.717, 1.165) is 15.6 Å². The predicted molar refractivity (Wildman–Crippen MR) is 56.0 cm³/mol. The Kier molecular flexibility index (Phi) is 1.80. The van der Waals surface area contributed by atoms with Crippen LogP contribution in [0.1, 0.15) is 5.69 Å². The number of aromatic amines is 1. The lowest BCUT2D eigenvalue weighted by Gasteiger charge is -1.98. The van der Waals surface area contributed by atoms with E-state index in [1.807, 2.05) is 13.0 Å². The summed E-state index contributed by atoms with van der Waals surface area (Å²) in [7, 11) is 1.74. The molecule has 13 heavy (non-hydrogen) atoms. The molecule has 0 spiro atoms. The van der Waals surface area contributed by atoms with Crippen molar-refractivity contribution in [2.24, 2.45) is 7.05 Å². The summed E-state index contributed by atoms with van der Waals surface area (Å²) in [6.07, 6.45) is 1.78. The Balaban J connectivity index is 3.04. The zero-order valence-electron chi connectivity index (χ0n) is 7.39. The molecule has 0 bridgehead atoms. The quantitative estimate of drug-likeness (QED) is 0.751. The number of aryl methyl sites for hydroxylation is 2. The molecule has 2 aromatic heterocycles. The molecular formula is C9H9BrN2O. The highest BCUT2D eigenvalue weighted by molar-refractivity contribution is 9.10. The Labute approximate surface area is 83.5 Å². The van der Waals surface area contributed by atoms with Crippen molar-refractivity contribution in [2.45, 2.75) is 6.92 Å². The van der Waals surface area contributed by atoms with Crippen molar-refractivity contribution in [3.8, 4) is 0 Å². The predicted octanol–water partition coefficient (Wildman–Crippen LogP) is 1.94. The summed E-state index contributed by atoms with van der Waals surface area (Å²) in [5, 5.41) is 0.945. The molecule has 4 heteroatoms. The van der Waals surface area contributed by atoms with Crippen LogP contribution < -0.4 is 5.56 Å². The summed E-state index contributed by atoms with van der Waals surface area (Å²) in [4.78, 5) is 14.6.